The van der Waals surface area contributed by atoms with Crippen LogP contribution >= 0.6 is 0 Å². The molecule has 0 saturated carbocycles. The number of nitrogens with zero attached hydrogens (tertiary/aromatic N) is 4. The van der Waals surface area contributed by atoms with E-state index in [9.17, 15) is 9.59 Å². The van der Waals surface area contributed by atoms with Crippen LogP contribution in [0.2, 0.25) is 0 Å². The number of oxazole rings is 1. The Morgan fingerprint density at radius 2 is 1.71 bits per heavy atom. The second kappa shape index (κ2) is 10.3. The second-order valence-corrected chi connectivity index (χ2v) is 9.11. The Hall–Kier alpha value is -4.33. The standard InChI is InChI=1S/C27H27N5O3/c1-27(2,3)21-8-10-22(11-9-21)32(26(34)23-17-35-18-31-23)24(20-7-5-13-29-16-20)25(33)30-15-19-6-4-12-28-14-19/h4-14,16-18,24H,15H2,1-3H3,(H,30,33). The van der Waals surface area contributed by atoms with Crippen LogP contribution in [-0.2, 0) is 16.8 Å². The molecule has 3 heterocycles. The number of carbonyl (C=O) groups is 2. The van der Waals surface area contributed by atoms with Gasteiger partial charge in [-0.1, -0.05) is 45.0 Å². The van der Waals surface area contributed by atoms with Crippen molar-refractivity contribution in [3.05, 3.63) is 108 Å². The van der Waals surface area contributed by atoms with Crippen LogP contribution in [0.25, 0.3) is 0 Å². The predicted octanol–water partition coefficient (Wildman–Crippen LogP) is 4.47. The van der Waals surface area contributed by atoms with Crippen LogP contribution in [0.5, 0.6) is 0 Å². The quantitative estimate of drug-likeness (QED) is 0.429. The maximum atomic E-state index is 13.7. The van der Waals surface area contributed by atoms with Crippen LogP contribution in [0.1, 0.15) is 54.0 Å². The molecule has 1 atom stereocenters. The normalized spacial score (nSPS) is 12.1. The van der Waals surface area contributed by atoms with E-state index in [2.05, 4.69) is 41.0 Å². The van der Waals surface area contributed by atoms with Crippen molar-refractivity contribution in [3.8, 4) is 0 Å². The number of hydrogen-bond donors (Lipinski definition) is 1. The van der Waals surface area contributed by atoms with E-state index in [1.807, 2.05) is 30.3 Å². The SMILES string of the molecule is CC(C)(C)c1ccc(N(C(=O)c2cocn2)C(C(=O)NCc2cccnc2)c2cccnc2)cc1. The first-order valence-corrected chi connectivity index (χ1v) is 11.2. The highest BCUT2D eigenvalue weighted by atomic mass is 16.3. The van der Waals surface area contributed by atoms with Gasteiger partial charge in [-0.3, -0.25) is 24.5 Å². The van der Waals surface area contributed by atoms with Gasteiger partial charge >= 0.3 is 0 Å². The van der Waals surface area contributed by atoms with Gasteiger partial charge in [0.1, 0.15) is 12.3 Å². The van der Waals surface area contributed by atoms with Crippen molar-refractivity contribution in [1.82, 2.24) is 20.3 Å². The summed E-state index contributed by atoms with van der Waals surface area (Å²) in [5.41, 5.74) is 3.09. The van der Waals surface area contributed by atoms with E-state index in [1.54, 1.807) is 43.0 Å². The van der Waals surface area contributed by atoms with Crippen molar-refractivity contribution in [2.45, 2.75) is 38.8 Å². The third-order valence-corrected chi connectivity index (χ3v) is 5.58. The molecule has 2 amide bonds. The zero-order chi connectivity index (χ0) is 24.8. The molecule has 0 fully saturated rings. The summed E-state index contributed by atoms with van der Waals surface area (Å²) < 4.78 is 5.06. The molecule has 0 spiro atoms. The van der Waals surface area contributed by atoms with E-state index in [-0.39, 0.29) is 23.6 Å². The minimum atomic E-state index is -0.995. The highest BCUT2D eigenvalue weighted by Gasteiger charge is 2.34. The van der Waals surface area contributed by atoms with Gasteiger partial charge in [-0.25, -0.2) is 4.98 Å². The molecule has 8 nitrogen and oxygen atoms in total. The Labute approximate surface area is 204 Å². The van der Waals surface area contributed by atoms with Crippen LogP contribution in [-0.4, -0.2) is 26.8 Å². The minimum Gasteiger partial charge on any atom is -0.451 e. The summed E-state index contributed by atoms with van der Waals surface area (Å²) in [5.74, 6) is -0.828. The van der Waals surface area contributed by atoms with Crippen molar-refractivity contribution in [1.29, 1.82) is 0 Å². The number of pyridine rings is 2. The zero-order valence-corrected chi connectivity index (χ0v) is 19.9. The largest absolute Gasteiger partial charge is 0.451 e. The van der Waals surface area contributed by atoms with E-state index < -0.39 is 11.9 Å². The molecule has 0 saturated heterocycles. The molecule has 35 heavy (non-hydrogen) atoms. The maximum Gasteiger partial charge on any atom is 0.281 e. The molecular weight excluding hydrogens is 442 g/mol. The summed E-state index contributed by atoms with van der Waals surface area (Å²) >= 11 is 0. The lowest BCUT2D eigenvalue weighted by atomic mass is 9.87. The maximum absolute atomic E-state index is 13.7. The Morgan fingerprint density at radius 3 is 2.29 bits per heavy atom. The molecule has 0 aliphatic carbocycles. The monoisotopic (exact) mass is 469 g/mol. The van der Waals surface area contributed by atoms with Crippen molar-refractivity contribution in [2.75, 3.05) is 4.90 Å². The molecule has 0 aliphatic heterocycles. The molecule has 3 aromatic heterocycles. The molecule has 0 aliphatic rings. The molecule has 1 unspecified atom stereocenters. The first-order chi connectivity index (χ1) is 16.8. The van der Waals surface area contributed by atoms with Gasteiger partial charge in [0.05, 0.1) is 0 Å². The summed E-state index contributed by atoms with van der Waals surface area (Å²) in [5, 5.41) is 2.94. The zero-order valence-electron chi connectivity index (χ0n) is 19.9. The lowest BCUT2D eigenvalue weighted by Gasteiger charge is -2.31. The van der Waals surface area contributed by atoms with Gasteiger partial charge in [0, 0.05) is 42.6 Å². The van der Waals surface area contributed by atoms with Gasteiger partial charge in [-0.15, -0.1) is 0 Å². The molecular formula is C27H27N5O3. The number of amides is 2. The predicted molar refractivity (Wildman–Crippen MR) is 132 cm³/mol. The summed E-state index contributed by atoms with van der Waals surface area (Å²) in [4.78, 5) is 41.1. The number of rotatable bonds is 7. The molecule has 0 radical (unpaired) electrons. The second-order valence-electron chi connectivity index (χ2n) is 9.11. The van der Waals surface area contributed by atoms with Crippen molar-refractivity contribution >= 4 is 17.5 Å². The summed E-state index contributed by atoms with van der Waals surface area (Å²) in [6.07, 6.45) is 9.02. The van der Waals surface area contributed by atoms with Gasteiger partial charge in [-0.05, 0) is 40.8 Å². The third-order valence-electron chi connectivity index (χ3n) is 5.58. The topological polar surface area (TPSA) is 101 Å². The minimum absolute atomic E-state index is 0.0661. The molecule has 178 valence electrons. The molecule has 8 heteroatoms. The van der Waals surface area contributed by atoms with E-state index in [4.69, 9.17) is 4.42 Å². The van der Waals surface area contributed by atoms with Crippen LogP contribution in [0, 0.1) is 0 Å². The number of carbonyl (C=O) groups excluding carboxylic acids is 2. The van der Waals surface area contributed by atoms with Crippen LogP contribution in [0.3, 0.4) is 0 Å². The molecule has 4 aromatic rings. The van der Waals surface area contributed by atoms with Gasteiger partial charge in [0.2, 0.25) is 5.91 Å². The molecule has 0 bridgehead atoms. The van der Waals surface area contributed by atoms with Crippen molar-refractivity contribution < 1.29 is 14.0 Å². The van der Waals surface area contributed by atoms with Crippen LogP contribution in [0.4, 0.5) is 5.69 Å². The van der Waals surface area contributed by atoms with Crippen LogP contribution in [0.15, 0.2) is 90.4 Å². The average Bonchev–Trinajstić information content (AvgIpc) is 3.41. The van der Waals surface area contributed by atoms with Gasteiger partial charge in [0.25, 0.3) is 5.91 Å². The highest BCUT2D eigenvalue weighted by molar-refractivity contribution is 6.09. The molecule has 1 N–H and O–H groups in total. The lowest BCUT2D eigenvalue weighted by Crippen LogP contribution is -2.44. The van der Waals surface area contributed by atoms with E-state index in [1.165, 1.54) is 17.6 Å². The Kier molecular flexibility index (Phi) is 7.01. The Bertz CT molecular complexity index is 1250. The first kappa shape index (κ1) is 23.8. The van der Waals surface area contributed by atoms with Crippen molar-refractivity contribution in [2.24, 2.45) is 0 Å². The van der Waals surface area contributed by atoms with Gasteiger partial charge < -0.3 is 9.73 Å². The van der Waals surface area contributed by atoms with Gasteiger partial charge in [0.15, 0.2) is 12.1 Å². The van der Waals surface area contributed by atoms with Gasteiger partial charge in [-0.2, -0.15) is 0 Å². The molecule has 4 rings (SSSR count). The highest BCUT2D eigenvalue weighted by Crippen LogP contribution is 2.31. The lowest BCUT2D eigenvalue weighted by molar-refractivity contribution is -0.122. The summed E-state index contributed by atoms with van der Waals surface area (Å²) in [6, 6.07) is 13.8. The van der Waals surface area contributed by atoms with E-state index in [0.717, 1.165) is 11.1 Å². The summed E-state index contributed by atoms with van der Waals surface area (Å²) in [6.45, 7) is 6.61. The van der Waals surface area contributed by atoms with Crippen molar-refractivity contribution in [3.63, 3.8) is 0 Å². The fraction of sp³-hybridized carbons (Fsp3) is 0.222. The summed E-state index contributed by atoms with van der Waals surface area (Å²) in [7, 11) is 0. The number of benzene rings is 1. The fourth-order valence-electron chi connectivity index (χ4n) is 3.69. The number of nitrogens with one attached hydrogen (secondary N) is 1. The molecule has 1 aromatic carbocycles. The van der Waals surface area contributed by atoms with Crippen LogP contribution < -0.4 is 10.2 Å². The van der Waals surface area contributed by atoms with E-state index in [0.29, 0.717) is 11.3 Å². The Morgan fingerprint density at radius 1 is 1.00 bits per heavy atom. The number of anilines is 1. The smallest absolute Gasteiger partial charge is 0.281 e. The fourth-order valence-corrected chi connectivity index (χ4v) is 3.69. The Balaban J connectivity index is 1.76. The third kappa shape index (κ3) is 5.60. The number of hydrogen-bond acceptors (Lipinski definition) is 6. The average molecular weight is 470 g/mol. The number of aromatic nitrogens is 3. The van der Waals surface area contributed by atoms with E-state index >= 15 is 0 Å². The first-order valence-electron chi connectivity index (χ1n) is 11.2.